The van der Waals surface area contributed by atoms with Crippen molar-refractivity contribution in [2.75, 3.05) is 39.4 Å². The monoisotopic (exact) mass is 399 g/mol. The molecule has 2 saturated heterocycles. The fourth-order valence-corrected chi connectivity index (χ4v) is 4.27. The van der Waals surface area contributed by atoms with Crippen molar-refractivity contribution in [2.24, 2.45) is 0 Å². The standard InChI is InChI=1S/C22H26ClN3O2/c23-20-8-7-17(21-6-1-3-9-24-21)15-19(20)22(27)26-10-4-2-5-18(26)16-25-11-13-28-14-12-25/h1,3,6-9,15,18H,2,4-5,10-14,16H2. The van der Waals surface area contributed by atoms with E-state index in [4.69, 9.17) is 16.3 Å². The lowest BCUT2D eigenvalue weighted by molar-refractivity contribution is 0.0166. The van der Waals surface area contributed by atoms with Gasteiger partial charge in [0.15, 0.2) is 0 Å². The molecule has 0 bridgehead atoms. The molecular formula is C22H26ClN3O2. The third kappa shape index (κ3) is 4.37. The molecule has 148 valence electrons. The van der Waals surface area contributed by atoms with Gasteiger partial charge in [-0.25, -0.2) is 0 Å². The van der Waals surface area contributed by atoms with Gasteiger partial charge in [0.1, 0.15) is 0 Å². The summed E-state index contributed by atoms with van der Waals surface area (Å²) in [6, 6.07) is 11.6. The number of piperidine rings is 1. The van der Waals surface area contributed by atoms with E-state index in [2.05, 4.69) is 9.88 Å². The summed E-state index contributed by atoms with van der Waals surface area (Å²) in [5.74, 6) is 0.0285. The molecule has 1 amide bonds. The maximum atomic E-state index is 13.4. The summed E-state index contributed by atoms with van der Waals surface area (Å²) < 4.78 is 5.46. The maximum absolute atomic E-state index is 13.4. The normalized spacial score (nSPS) is 20.9. The van der Waals surface area contributed by atoms with Crippen LogP contribution in [0.4, 0.5) is 0 Å². The van der Waals surface area contributed by atoms with Gasteiger partial charge in [-0.2, -0.15) is 0 Å². The summed E-state index contributed by atoms with van der Waals surface area (Å²) in [5.41, 5.74) is 2.32. The lowest BCUT2D eigenvalue weighted by atomic mass is 9.99. The second-order valence-corrected chi connectivity index (χ2v) is 7.88. The minimum absolute atomic E-state index is 0.0285. The van der Waals surface area contributed by atoms with E-state index < -0.39 is 0 Å². The number of hydrogen-bond donors (Lipinski definition) is 0. The molecule has 1 atom stereocenters. The average Bonchev–Trinajstić information content (AvgIpc) is 2.75. The van der Waals surface area contributed by atoms with Crippen LogP contribution in [0.25, 0.3) is 11.3 Å². The van der Waals surface area contributed by atoms with Gasteiger partial charge in [0, 0.05) is 44.0 Å². The van der Waals surface area contributed by atoms with Crippen molar-refractivity contribution >= 4 is 17.5 Å². The second kappa shape index (κ2) is 9.03. The van der Waals surface area contributed by atoms with Crippen LogP contribution in [0.2, 0.25) is 5.02 Å². The van der Waals surface area contributed by atoms with Crippen LogP contribution in [0.5, 0.6) is 0 Å². The van der Waals surface area contributed by atoms with Crippen molar-refractivity contribution in [1.82, 2.24) is 14.8 Å². The number of hydrogen-bond acceptors (Lipinski definition) is 4. The molecule has 1 unspecified atom stereocenters. The van der Waals surface area contributed by atoms with E-state index in [1.54, 1.807) is 12.3 Å². The fraction of sp³-hybridized carbons (Fsp3) is 0.455. The third-order valence-electron chi connectivity index (χ3n) is 5.62. The minimum Gasteiger partial charge on any atom is -0.379 e. The van der Waals surface area contributed by atoms with Gasteiger partial charge in [0.2, 0.25) is 0 Å². The lowest BCUT2D eigenvalue weighted by Crippen LogP contribution is -2.51. The first-order valence-electron chi connectivity index (χ1n) is 10.0. The van der Waals surface area contributed by atoms with Crippen molar-refractivity contribution in [2.45, 2.75) is 25.3 Å². The van der Waals surface area contributed by atoms with E-state index in [-0.39, 0.29) is 11.9 Å². The first-order chi connectivity index (χ1) is 13.7. The zero-order valence-corrected chi connectivity index (χ0v) is 16.8. The van der Waals surface area contributed by atoms with Gasteiger partial charge < -0.3 is 9.64 Å². The first kappa shape index (κ1) is 19.4. The zero-order chi connectivity index (χ0) is 19.3. The van der Waals surface area contributed by atoms with E-state index in [0.717, 1.165) is 63.5 Å². The van der Waals surface area contributed by atoms with Crippen LogP contribution in [0.15, 0.2) is 42.6 Å². The van der Waals surface area contributed by atoms with Gasteiger partial charge >= 0.3 is 0 Å². The molecule has 0 radical (unpaired) electrons. The number of morpholine rings is 1. The van der Waals surface area contributed by atoms with Crippen molar-refractivity contribution < 1.29 is 9.53 Å². The number of ether oxygens (including phenoxy) is 1. The largest absolute Gasteiger partial charge is 0.379 e. The average molecular weight is 400 g/mol. The Morgan fingerprint density at radius 1 is 1.14 bits per heavy atom. The molecule has 0 aliphatic carbocycles. The van der Waals surface area contributed by atoms with Crippen molar-refractivity contribution in [3.05, 3.63) is 53.2 Å². The molecule has 0 saturated carbocycles. The van der Waals surface area contributed by atoms with Crippen molar-refractivity contribution in [3.63, 3.8) is 0 Å². The molecule has 3 heterocycles. The SMILES string of the molecule is O=C(c1cc(-c2ccccn2)ccc1Cl)N1CCCCC1CN1CCOCC1. The van der Waals surface area contributed by atoms with Gasteiger partial charge in [-0.3, -0.25) is 14.7 Å². The Labute approximate surface area is 171 Å². The molecule has 2 aliphatic heterocycles. The molecule has 0 spiro atoms. The zero-order valence-electron chi connectivity index (χ0n) is 16.0. The lowest BCUT2D eigenvalue weighted by Gasteiger charge is -2.39. The van der Waals surface area contributed by atoms with Crippen LogP contribution >= 0.6 is 11.6 Å². The predicted octanol–water partition coefficient (Wildman–Crippen LogP) is 3.73. The molecule has 2 aliphatic rings. The maximum Gasteiger partial charge on any atom is 0.255 e. The highest BCUT2D eigenvalue weighted by molar-refractivity contribution is 6.34. The number of likely N-dealkylation sites (tertiary alicyclic amines) is 1. The number of rotatable bonds is 4. The van der Waals surface area contributed by atoms with Crippen molar-refractivity contribution in [1.29, 1.82) is 0 Å². The summed E-state index contributed by atoms with van der Waals surface area (Å²) in [5, 5.41) is 0.500. The first-order valence-corrected chi connectivity index (χ1v) is 10.4. The molecule has 1 aromatic carbocycles. The van der Waals surface area contributed by atoms with Crippen LogP contribution in [0.1, 0.15) is 29.6 Å². The molecule has 28 heavy (non-hydrogen) atoms. The number of benzene rings is 1. The summed E-state index contributed by atoms with van der Waals surface area (Å²) in [6.45, 7) is 5.13. The van der Waals surface area contributed by atoms with Crippen LogP contribution in [-0.4, -0.2) is 66.1 Å². The molecule has 2 aromatic rings. The molecule has 2 fully saturated rings. The van der Waals surface area contributed by atoms with E-state index in [9.17, 15) is 4.79 Å². The fourth-order valence-electron chi connectivity index (χ4n) is 4.08. The Kier molecular flexibility index (Phi) is 6.25. The highest BCUT2D eigenvalue weighted by atomic mass is 35.5. The van der Waals surface area contributed by atoms with E-state index in [0.29, 0.717) is 10.6 Å². The van der Waals surface area contributed by atoms with E-state index in [1.165, 1.54) is 6.42 Å². The highest BCUT2D eigenvalue weighted by Crippen LogP contribution is 2.28. The van der Waals surface area contributed by atoms with Gasteiger partial charge in [-0.05, 0) is 43.5 Å². The molecule has 0 N–H and O–H groups in total. The molecule has 4 rings (SSSR count). The summed E-state index contributed by atoms with van der Waals surface area (Å²) >= 11 is 6.44. The summed E-state index contributed by atoms with van der Waals surface area (Å²) in [6.07, 6.45) is 5.01. The number of halogens is 1. The summed E-state index contributed by atoms with van der Waals surface area (Å²) in [7, 11) is 0. The van der Waals surface area contributed by atoms with Gasteiger partial charge in [-0.15, -0.1) is 0 Å². The minimum atomic E-state index is 0.0285. The number of amides is 1. The smallest absolute Gasteiger partial charge is 0.255 e. The van der Waals surface area contributed by atoms with Crippen LogP contribution in [0.3, 0.4) is 0 Å². The van der Waals surface area contributed by atoms with Crippen molar-refractivity contribution in [3.8, 4) is 11.3 Å². The molecule has 1 aromatic heterocycles. The Balaban J connectivity index is 1.56. The van der Waals surface area contributed by atoms with Gasteiger partial charge in [0.25, 0.3) is 5.91 Å². The Morgan fingerprint density at radius 3 is 2.79 bits per heavy atom. The number of carbonyl (C=O) groups excluding carboxylic acids is 1. The molecule has 6 heteroatoms. The summed E-state index contributed by atoms with van der Waals surface area (Å²) in [4.78, 5) is 22.3. The van der Waals surface area contributed by atoms with E-state index >= 15 is 0 Å². The molecule has 5 nitrogen and oxygen atoms in total. The van der Waals surface area contributed by atoms with Gasteiger partial charge in [0.05, 0.1) is 29.5 Å². The Hall–Kier alpha value is -1.95. The Morgan fingerprint density at radius 2 is 2.00 bits per heavy atom. The topological polar surface area (TPSA) is 45.7 Å². The number of carbonyl (C=O) groups is 1. The Bertz CT molecular complexity index is 809. The quantitative estimate of drug-likeness (QED) is 0.785. The van der Waals surface area contributed by atoms with Crippen LogP contribution in [-0.2, 0) is 4.74 Å². The number of pyridine rings is 1. The number of nitrogens with zero attached hydrogens (tertiary/aromatic N) is 3. The van der Waals surface area contributed by atoms with Crippen LogP contribution in [0, 0.1) is 0 Å². The van der Waals surface area contributed by atoms with Gasteiger partial charge in [-0.1, -0.05) is 23.7 Å². The van der Waals surface area contributed by atoms with Crippen LogP contribution < -0.4 is 0 Å². The second-order valence-electron chi connectivity index (χ2n) is 7.47. The third-order valence-corrected chi connectivity index (χ3v) is 5.95. The van der Waals surface area contributed by atoms with E-state index in [1.807, 2.05) is 35.2 Å². The molecular weight excluding hydrogens is 374 g/mol. The number of aromatic nitrogens is 1. The highest BCUT2D eigenvalue weighted by Gasteiger charge is 2.30. The predicted molar refractivity (Wildman–Crippen MR) is 111 cm³/mol.